The van der Waals surface area contributed by atoms with Crippen molar-refractivity contribution in [3.05, 3.63) is 130 Å². The molecule has 12 nitrogen and oxygen atoms in total. The number of aryl methyl sites for hydroxylation is 2. The second kappa shape index (κ2) is 22.9. The quantitative estimate of drug-likeness (QED) is 0.0858. The molecule has 0 bridgehead atoms. The topological polar surface area (TPSA) is 152 Å². The highest BCUT2D eigenvalue weighted by Gasteiger charge is 2.43. The van der Waals surface area contributed by atoms with Gasteiger partial charge in [-0.25, -0.2) is 0 Å². The van der Waals surface area contributed by atoms with Gasteiger partial charge in [0, 0.05) is 49.1 Å². The summed E-state index contributed by atoms with van der Waals surface area (Å²) >= 11 is 0. The van der Waals surface area contributed by atoms with E-state index in [1.807, 2.05) is 59.5 Å². The van der Waals surface area contributed by atoms with Crippen molar-refractivity contribution in [2.24, 2.45) is 0 Å². The third kappa shape index (κ3) is 11.1. The van der Waals surface area contributed by atoms with Gasteiger partial charge in [-0.3, -0.25) is 28.9 Å². The summed E-state index contributed by atoms with van der Waals surface area (Å²) in [5.41, 5.74) is 8.57. The third-order valence-corrected chi connectivity index (χ3v) is 14.9. The smallest absolute Gasteiger partial charge is 0.251 e. The van der Waals surface area contributed by atoms with Crippen LogP contribution in [-0.4, -0.2) is 85.8 Å². The van der Waals surface area contributed by atoms with Gasteiger partial charge in [-0.2, -0.15) is 0 Å². The maximum absolute atomic E-state index is 14.9. The van der Waals surface area contributed by atoms with E-state index < -0.39 is 36.1 Å². The summed E-state index contributed by atoms with van der Waals surface area (Å²) in [6, 6.07) is 28.3. The Morgan fingerprint density at radius 2 is 1.09 bits per heavy atom. The van der Waals surface area contributed by atoms with Crippen LogP contribution in [0.15, 0.2) is 97.1 Å². The minimum atomic E-state index is -1.09. The molecule has 4 aromatic carbocycles. The Kier molecular flexibility index (Phi) is 16.3. The summed E-state index contributed by atoms with van der Waals surface area (Å²) in [4.78, 5) is 74.4. The van der Waals surface area contributed by atoms with Gasteiger partial charge in [-0.1, -0.05) is 96.8 Å². The average molecular weight is 942 g/mol. The summed E-state index contributed by atoms with van der Waals surface area (Å²) in [7, 11) is 3.36. The average Bonchev–Trinajstić information content (AvgIpc) is 3.98. The normalized spacial score (nSPS) is 20.8. The molecule has 0 radical (unpaired) electrons. The van der Waals surface area contributed by atoms with Gasteiger partial charge in [0.05, 0.1) is 24.2 Å². The van der Waals surface area contributed by atoms with Crippen LogP contribution in [0.4, 0.5) is 11.4 Å². The maximum Gasteiger partial charge on any atom is 0.251 e. The number of amides is 4. The van der Waals surface area contributed by atoms with Crippen molar-refractivity contribution in [3.8, 4) is 23.7 Å². The minimum Gasteiger partial charge on any atom is -0.342 e. The lowest BCUT2D eigenvalue weighted by atomic mass is 9.79. The highest BCUT2D eigenvalue weighted by molar-refractivity contribution is 6.07. The number of likely N-dealkylation sites (N-methyl/N-ethyl adjacent to an activating group) is 2. The molecule has 0 spiro atoms. The van der Waals surface area contributed by atoms with E-state index in [0.29, 0.717) is 24.9 Å². The monoisotopic (exact) mass is 942 g/mol. The Morgan fingerprint density at radius 3 is 1.69 bits per heavy atom. The number of Topliss-reactive ketones (excluding diaryl/α,β-unsaturated/α-hetero) is 1. The summed E-state index contributed by atoms with van der Waals surface area (Å²) in [6.45, 7) is 5.58. The second-order valence-corrected chi connectivity index (χ2v) is 19.4. The standard InChI is InChI=1S/C58H67N7O5/c1-37(61-47-31-19-25-41-21-11-15-28-46(41)47)52-34-43-22-12-16-32-50(43)64(52)57(69)48(62-55(67)38(2)59-4)29-8-6-7-9-30-49(63-56(68)39(3)60-5)58(70)65-51-33-17-13-23-44(51)35-53(65)54(66)36-42-26-18-24-40-20-10-14-27-45(40)42/h10-17,20-23,27-28,32-33,37-39,42,47-49,52-53,59-61H,18-19,24-26,29-31,34-36H2,1-5H3,(H,62,67)(H,63,68)/t37?,38-,39-,42-,47+,48-,49-,52-,53-/m0/s1. The summed E-state index contributed by atoms with van der Waals surface area (Å²) in [6.07, 6.45) is 7.31. The summed E-state index contributed by atoms with van der Waals surface area (Å²) in [5, 5.41) is 15.7. The fourth-order valence-corrected chi connectivity index (χ4v) is 10.8. The first-order valence-electron chi connectivity index (χ1n) is 25.1. The van der Waals surface area contributed by atoms with Crippen LogP contribution in [0.3, 0.4) is 0 Å². The van der Waals surface area contributed by atoms with Crippen molar-refractivity contribution in [1.29, 1.82) is 0 Å². The molecule has 0 saturated carbocycles. The van der Waals surface area contributed by atoms with Gasteiger partial charge in [0.15, 0.2) is 5.78 Å². The SMILES string of the molecule is CN[C@@H](C)C(=O)N[C@@H](CC#CC#CC[C@H](NC(=O)[C@H](C)NC)C(=O)N1c2ccccc2C[C@H]1C(C)N[C@@H]1CCCc2ccccc21)C(=O)N1c2ccccc2C[C@H]1C(=O)C[C@@H]1CCCc2ccccc21. The van der Waals surface area contributed by atoms with Crippen LogP contribution < -0.4 is 36.4 Å². The predicted octanol–water partition coefficient (Wildman–Crippen LogP) is 6.01. The molecule has 0 fully saturated rings. The molecule has 364 valence electrons. The number of hydrogen-bond donors (Lipinski definition) is 5. The molecule has 4 aliphatic rings. The molecule has 2 aliphatic heterocycles. The molecular weight excluding hydrogens is 875 g/mol. The first kappa shape index (κ1) is 49.8. The highest BCUT2D eigenvalue weighted by atomic mass is 16.2. The number of fused-ring (bicyclic) bond motifs is 4. The Morgan fingerprint density at radius 1 is 0.600 bits per heavy atom. The lowest BCUT2D eigenvalue weighted by molar-refractivity contribution is -0.129. The van der Waals surface area contributed by atoms with E-state index in [2.05, 4.69) is 99.7 Å². The van der Waals surface area contributed by atoms with Crippen molar-refractivity contribution in [2.45, 2.75) is 146 Å². The largest absolute Gasteiger partial charge is 0.342 e. The van der Waals surface area contributed by atoms with Gasteiger partial charge >= 0.3 is 0 Å². The Bertz CT molecular complexity index is 2710. The van der Waals surface area contributed by atoms with E-state index in [0.717, 1.165) is 55.3 Å². The molecule has 1 unspecified atom stereocenters. The Balaban J connectivity index is 1.01. The lowest BCUT2D eigenvalue weighted by Gasteiger charge is -2.36. The Labute approximate surface area is 413 Å². The number of ketones is 1. The lowest BCUT2D eigenvalue weighted by Crippen LogP contribution is -2.57. The molecule has 4 amide bonds. The van der Waals surface area contributed by atoms with Crippen LogP contribution >= 0.6 is 0 Å². The zero-order valence-electron chi connectivity index (χ0n) is 41.1. The highest BCUT2D eigenvalue weighted by Crippen LogP contribution is 2.39. The number of anilines is 2. The second-order valence-electron chi connectivity index (χ2n) is 19.4. The van der Waals surface area contributed by atoms with E-state index in [9.17, 15) is 24.0 Å². The summed E-state index contributed by atoms with van der Waals surface area (Å²) in [5.74, 6) is 10.5. The first-order chi connectivity index (χ1) is 34.0. The van der Waals surface area contributed by atoms with Gasteiger partial charge in [0.25, 0.3) is 11.8 Å². The van der Waals surface area contributed by atoms with E-state index in [1.165, 1.54) is 22.3 Å². The van der Waals surface area contributed by atoms with Gasteiger partial charge < -0.3 is 31.5 Å². The van der Waals surface area contributed by atoms with Gasteiger partial charge in [0.1, 0.15) is 12.1 Å². The van der Waals surface area contributed by atoms with Gasteiger partial charge in [-0.05, 0) is 143 Å². The number of carbonyl (C=O) groups excluding carboxylic acids is 5. The van der Waals surface area contributed by atoms with Crippen LogP contribution in [0.25, 0.3) is 0 Å². The number of nitrogens with zero attached hydrogens (tertiary/aromatic N) is 2. The molecule has 2 heterocycles. The maximum atomic E-state index is 14.9. The van der Waals surface area contributed by atoms with E-state index in [4.69, 9.17) is 0 Å². The van der Waals surface area contributed by atoms with Gasteiger partial charge in [-0.15, -0.1) is 0 Å². The molecule has 12 heteroatoms. The number of benzene rings is 4. The fraction of sp³-hybridized carbons (Fsp3) is 0.431. The molecule has 5 N–H and O–H groups in total. The minimum absolute atomic E-state index is 0.0124. The number of nitrogens with one attached hydrogen (secondary N) is 5. The van der Waals surface area contributed by atoms with Crippen molar-refractivity contribution < 1.29 is 24.0 Å². The molecular formula is C58H67N7O5. The third-order valence-electron chi connectivity index (χ3n) is 14.9. The van der Waals surface area contributed by atoms with Gasteiger partial charge in [0.2, 0.25) is 11.8 Å². The molecule has 0 aromatic heterocycles. The zero-order chi connectivity index (χ0) is 49.3. The number of rotatable bonds is 16. The van der Waals surface area contributed by atoms with Crippen molar-refractivity contribution in [1.82, 2.24) is 26.6 Å². The molecule has 4 aromatic rings. The summed E-state index contributed by atoms with van der Waals surface area (Å²) < 4.78 is 0. The van der Waals surface area contributed by atoms with Crippen LogP contribution in [0.2, 0.25) is 0 Å². The molecule has 70 heavy (non-hydrogen) atoms. The molecule has 0 saturated heterocycles. The fourth-order valence-electron chi connectivity index (χ4n) is 10.8. The molecule has 2 aliphatic carbocycles. The predicted molar refractivity (Wildman–Crippen MR) is 275 cm³/mol. The van der Waals surface area contributed by atoms with Crippen LogP contribution in [-0.2, 0) is 49.7 Å². The first-order valence-corrected chi connectivity index (χ1v) is 25.1. The molecule has 8 rings (SSSR count). The zero-order valence-corrected chi connectivity index (χ0v) is 41.1. The van der Waals surface area contributed by atoms with E-state index >= 15 is 0 Å². The number of carbonyl (C=O) groups is 5. The van der Waals surface area contributed by atoms with E-state index in [-0.39, 0.29) is 60.4 Å². The van der Waals surface area contributed by atoms with Crippen molar-refractivity contribution >= 4 is 40.8 Å². The van der Waals surface area contributed by atoms with E-state index in [1.54, 1.807) is 32.8 Å². The van der Waals surface area contributed by atoms with Crippen molar-refractivity contribution in [3.63, 3.8) is 0 Å². The number of para-hydroxylation sites is 2. The van der Waals surface area contributed by atoms with Crippen LogP contribution in [0, 0.1) is 23.7 Å². The van der Waals surface area contributed by atoms with Crippen LogP contribution in [0.5, 0.6) is 0 Å². The van der Waals surface area contributed by atoms with Crippen LogP contribution in [0.1, 0.15) is 111 Å². The number of hydrogen-bond acceptors (Lipinski definition) is 8. The Hall–Kier alpha value is -6.57. The molecule has 9 atom stereocenters. The van der Waals surface area contributed by atoms with Crippen molar-refractivity contribution in [2.75, 3.05) is 23.9 Å².